The molecular weight excluding hydrogens is 443 g/mol. The van der Waals surface area contributed by atoms with Gasteiger partial charge < -0.3 is 15.2 Å². The number of aliphatic hydroxyl groups excluding tert-OH is 1. The topological polar surface area (TPSA) is 54.4 Å². The molecule has 4 nitrogen and oxygen atoms in total. The summed E-state index contributed by atoms with van der Waals surface area (Å²) in [6.07, 6.45) is 0.736. The van der Waals surface area contributed by atoms with E-state index in [1.807, 2.05) is 0 Å². The number of ether oxygens (including phenoxy) is 1. The standard InChI is InChI=1S/C24H23F5N2O2/c25-22-6-5-17(10-21(22)24(27,28)29)33-16-3-1-15(2-4-16)31-12-20-18-7-8-30-11-19(18)14(13-32)9-23(20)26/h5-11,15-16,31-32H,1-4,12-13H2. The minimum atomic E-state index is -4.78. The van der Waals surface area contributed by atoms with Gasteiger partial charge >= 0.3 is 6.18 Å². The van der Waals surface area contributed by atoms with Crippen LogP contribution in [0, 0.1) is 11.6 Å². The SMILES string of the molecule is OCc1cc(F)c(CNC2CCC(Oc3ccc(F)c(C(F)(F)F)c3)CC2)c2ccncc12. The predicted octanol–water partition coefficient (Wildman–Crippen LogP) is 5.50. The molecule has 4 rings (SSSR count). The number of aliphatic hydroxyl groups is 1. The molecule has 1 aliphatic rings. The molecular formula is C24H23F5N2O2. The first kappa shape index (κ1) is 23.4. The second-order valence-electron chi connectivity index (χ2n) is 8.19. The van der Waals surface area contributed by atoms with Crippen molar-refractivity contribution in [2.75, 3.05) is 0 Å². The molecule has 176 valence electrons. The first-order valence-corrected chi connectivity index (χ1v) is 10.7. The lowest BCUT2D eigenvalue weighted by Gasteiger charge is -2.30. The highest BCUT2D eigenvalue weighted by Gasteiger charge is 2.34. The Morgan fingerprint density at radius 2 is 1.76 bits per heavy atom. The van der Waals surface area contributed by atoms with Crippen molar-refractivity contribution in [3.05, 3.63) is 71.1 Å². The van der Waals surface area contributed by atoms with Crippen molar-refractivity contribution in [3.63, 3.8) is 0 Å². The Balaban J connectivity index is 1.36. The second-order valence-corrected chi connectivity index (χ2v) is 8.19. The maximum absolute atomic E-state index is 14.7. The Labute approximate surface area is 187 Å². The summed E-state index contributed by atoms with van der Waals surface area (Å²) in [5, 5.41) is 14.2. The first-order valence-electron chi connectivity index (χ1n) is 10.7. The molecule has 1 fully saturated rings. The van der Waals surface area contributed by atoms with E-state index in [1.54, 1.807) is 18.5 Å². The van der Waals surface area contributed by atoms with Crippen LogP contribution in [0.2, 0.25) is 0 Å². The number of rotatable bonds is 6. The van der Waals surface area contributed by atoms with Gasteiger partial charge in [-0.05, 0) is 67.0 Å². The lowest BCUT2D eigenvalue weighted by molar-refractivity contribution is -0.140. The zero-order valence-electron chi connectivity index (χ0n) is 17.6. The number of benzene rings is 2. The number of nitrogens with one attached hydrogen (secondary N) is 1. The minimum Gasteiger partial charge on any atom is -0.490 e. The highest BCUT2D eigenvalue weighted by atomic mass is 19.4. The van der Waals surface area contributed by atoms with Gasteiger partial charge in [-0.15, -0.1) is 0 Å². The van der Waals surface area contributed by atoms with E-state index in [0.29, 0.717) is 60.2 Å². The van der Waals surface area contributed by atoms with E-state index in [1.165, 1.54) is 12.1 Å². The van der Waals surface area contributed by atoms with Crippen LogP contribution in [-0.2, 0) is 19.3 Å². The van der Waals surface area contributed by atoms with E-state index in [0.717, 1.165) is 6.07 Å². The third-order valence-electron chi connectivity index (χ3n) is 6.04. The van der Waals surface area contributed by atoms with E-state index < -0.39 is 23.4 Å². The Hall–Kier alpha value is -2.78. The summed E-state index contributed by atoms with van der Waals surface area (Å²) in [4.78, 5) is 4.06. The fraction of sp³-hybridized carbons (Fsp3) is 0.375. The second kappa shape index (κ2) is 9.61. The van der Waals surface area contributed by atoms with Crippen LogP contribution in [0.5, 0.6) is 5.75 Å². The average Bonchev–Trinajstić information content (AvgIpc) is 2.79. The summed E-state index contributed by atoms with van der Waals surface area (Å²) in [7, 11) is 0. The molecule has 9 heteroatoms. The monoisotopic (exact) mass is 466 g/mol. The van der Waals surface area contributed by atoms with Crippen LogP contribution < -0.4 is 10.1 Å². The number of alkyl halides is 3. The molecule has 0 spiro atoms. The molecule has 0 radical (unpaired) electrons. The summed E-state index contributed by atoms with van der Waals surface area (Å²) in [5.41, 5.74) is -0.368. The van der Waals surface area contributed by atoms with E-state index in [9.17, 15) is 27.1 Å². The highest BCUT2D eigenvalue weighted by molar-refractivity contribution is 5.88. The molecule has 33 heavy (non-hydrogen) atoms. The maximum atomic E-state index is 14.7. The predicted molar refractivity (Wildman–Crippen MR) is 113 cm³/mol. The van der Waals surface area contributed by atoms with Crippen molar-refractivity contribution >= 4 is 10.8 Å². The zero-order valence-corrected chi connectivity index (χ0v) is 17.6. The number of aromatic nitrogens is 1. The van der Waals surface area contributed by atoms with Gasteiger partial charge in [-0.2, -0.15) is 13.2 Å². The number of halogens is 5. The molecule has 0 bridgehead atoms. The molecule has 0 amide bonds. The van der Waals surface area contributed by atoms with Crippen LogP contribution in [0.15, 0.2) is 42.7 Å². The normalized spacial score (nSPS) is 19.1. The van der Waals surface area contributed by atoms with Crippen molar-refractivity contribution in [2.24, 2.45) is 0 Å². The minimum absolute atomic E-state index is 0.00809. The number of fused-ring (bicyclic) bond motifs is 1. The molecule has 0 aliphatic heterocycles. The van der Waals surface area contributed by atoms with Crippen LogP contribution in [-0.4, -0.2) is 22.2 Å². The molecule has 1 heterocycles. The van der Waals surface area contributed by atoms with E-state index in [4.69, 9.17) is 4.74 Å². The summed E-state index contributed by atoms with van der Waals surface area (Å²) in [6.45, 7) is 0.0104. The molecule has 3 aromatic rings. The van der Waals surface area contributed by atoms with Crippen molar-refractivity contribution in [3.8, 4) is 5.75 Å². The van der Waals surface area contributed by atoms with Gasteiger partial charge in [0.15, 0.2) is 0 Å². The molecule has 1 aliphatic carbocycles. The number of hydrogen-bond acceptors (Lipinski definition) is 4. The lowest BCUT2D eigenvalue weighted by Crippen LogP contribution is -2.36. The smallest absolute Gasteiger partial charge is 0.419 e. The Kier molecular flexibility index (Phi) is 6.81. The van der Waals surface area contributed by atoms with Gasteiger partial charge in [0.05, 0.1) is 18.3 Å². The maximum Gasteiger partial charge on any atom is 0.419 e. The largest absolute Gasteiger partial charge is 0.490 e. The van der Waals surface area contributed by atoms with Crippen molar-refractivity contribution in [1.29, 1.82) is 0 Å². The van der Waals surface area contributed by atoms with Gasteiger partial charge in [0.2, 0.25) is 0 Å². The summed E-state index contributed by atoms with van der Waals surface area (Å²) in [5.74, 6) is -1.74. The van der Waals surface area contributed by atoms with Gasteiger partial charge in [0, 0.05) is 35.9 Å². The fourth-order valence-electron chi connectivity index (χ4n) is 4.29. The third kappa shape index (κ3) is 5.25. The van der Waals surface area contributed by atoms with Crippen molar-refractivity contribution in [2.45, 2.75) is 57.2 Å². The van der Waals surface area contributed by atoms with E-state index >= 15 is 0 Å². The van der Waals surface area contributed by atoms with Crippen LogP contribution in [0.4, 0.5) is 22.0 Å². The van der Waals surface area contributed by atoms with Crippen LogP contribution >= 0.6 is 0 Å². The average molecular weight is 466 g/mol. The molecule has 1 aromatic heterocycles. The molecule has 0 saturated heterocycles. The summed E-state index contributed by atoms with van der Waals surface area (Å²) >= 11 is 0. The fourth-order valence-corrected chi connectivity index (χ4v) is 4.29. The van der Waals surface area contributed by atoms with Gasteiger partial charge in [-0.1, -0.05) is 0 Å². The first-order chi connectivity index (χ1) is 15.8. The van der Waals surface area contributed by atoms with Crippen molar-refractivity contribution < 1.29 is 31.8 Å². The third-order valence-corrected chi connectivity index (χ3v) is 6.04. The Bertz CT molecular complexity index is 1130. The Morgan fingerprint density at radius 1 is 1.00 bits per heavy atom. The quantitative estimate of drug-likeness (QED) is 0.471. The van der Waals surface area contributed by atoms with Gasteiger partial charge in [-0.25, -0.2) is 8.78 Å². The summed E-state index contributed by atoms with van der Waals surface area (Å²) < 4.78 is 72.5. The van der Waals surface area contributed by atoms with Crippen LogP contribution in [0.25, 0.3) is 10.8 Å². The molecule has 0 atom stereocenters. The Morgan fingerprint density at radius 3 is 2.45 bits per heavy atom. The molecule has 0 unspecified atom stereocenters. The van der Waals surface area contributed by atoms with Crippen molar-refractivity contribution in [1.82, 2.24) is 10.3 Å². The van der Waals surface area contributed by atoms with E-state index in [2.05, 4.69) is 10.3 Å². The highest BCUT2D eigenvalue weighted by Crippen LogP contribution is 2.34. The summed E-state index contributed by atoms with van der Waals surface area (Å²) in [6, 6.07) is 5.80. The number of pyridine rings is 1. The van der Waals surface area contributed by atoms with Gasteiger partial charge in [-0.3, -0.25) is 4.98 Å². The van der Waals surface area contributed by atoms with Gasteiger partial charge in [0.1, 0.15) is 17.4 Å². The molecule has 2 N–H and O–H groups in total. The lowest BCUT2D eigenvalue weighted by atomic mass is 9.92. The molecule has 1 saturated carbocycles. The van der Waals surface area contributed by atoms with E-state index in [-0.39, 0.29) is 24.5 Å². The number of nitrogens with zero attached hydrogens (tertiary/aromatic N) is 1. The molecule has 2 aromatic carbocycles. The zero-order chi connectivity index (χ0) is 23.6. The van der Waals surface area contributed by atoms with Crippen LogP contribution in [0.3, 0.4) is 0 Å². The van der Waals surface area contributed by atoms with Crippen LogP contribution in [0.1, 0.15) is 42.4 Å². The van der Waals surface area contributed by atoms with Gasteiger partial charge in [0.25, 0.3) is 0 Å². The number of hydrogen-bond donors (Lipinski definition) is 2.